The number of pyridine rings is 1. The summed E-state index contributed by atoms with van der Waals surface area (Å²) in [6, 6.07) is 7.48. The van der Waals surface area contributed by atoms with Gasteiger partial charge in [0, 0.05) is 18.3 Å². The second-order valence-corrected chi connectivity index (χ2v) is 4.55. The minimum Gasteiger partial charge on any atom is -0.456 e. The van der Waals surface area contributed by atoms with E-state index in [0.29, 0.717) is 10.2 Å². The second-order valence-electron chi connectivity index (χ2n) is 3.29. The fourth-order valence-corrected chi connectivity index (χ4v) is 1.97. The molecule has 0 fully saturated rings. The van der Waals surface area contributed by atoms with Crippen LogP contribution < -0.4 is 4.74 Å². The lowest BCUT2D eigenvalue weighted by Crippen LogP contribution is -1.90. The van der Waals surface area contributed by atoms with Gasteiger partial charge in [-0.15, -0.1) is 0 Å². The third kappa shape index (κ3) is 2.78. The Morgan fingerprint density at radius 3 is 2.89 bits per heavy atom. The maximum Gasteiger partial charge on any atom is 0.145 e. The molecule has 0 radical (unpaired) electrons. The molecule has 1 heterocycles. The molecule has 0 atom stereocenters. The summed E-state index contributed by atoms with van der Waals surface area (Å²) in [5.41, 5.74) is 0.220. The molecular weight excluding hydrogens is 322 g/mol. The van der Waals surface area contributed by atoms with Gasteiger partial charge in [-0.2, -0.15) is 5.26 Å². The zero-order valence-corrected chi connectivity index (χ0v) is 11.2. The van der Waals surface area contributed by atoms with Crippen LogP contribution >= 0.6 is 27.5 Å². The van der Waals surface area contributed by atoms with E-state index in [1.165, 1.54) is 24.4 Å². The molecule has 0 saturated carbocycles. The first kappa shape index (κ1) is 12.8. The summed E-state index contributed by atoms with van der Waals surface area (Å²) in [5.74, 6) is 0.0837. The highest BCUT2D eigenvalue weighted by molar-refractivity contribution is 9.10. The van der Waals surface area contributed by atoms with Gasteiger partial charge in [0.2, 0.25) is 0 Å². The molecular formula is C12H5BrClFN2O. The van der Waals surface area contributed by atoms with Crippen molar-refractivity contribution >= 4 is 27.5 Å². The fraction of sp³-hybridized carbons (Fsp3) is 0. The molecule has 0 saturated heterocycles. The number of nitrogens with zero attached hydrogens (tertiary/aromatic N) is 2. The van der Waals surface area contributed by atoms with Crippen LogP contribution in [0.1, 0.15) is 5.69 Å². The van der Waals surface area contributed by atoms with E-state index in [1.54, 1.807) is 6.07 Å². The molecule has 6 heteroatoms. The smallest absolute Gasteiger partial charge is 0.145 e. The molecule has 1 aromatic heterocycles. The largest absolute Gasteiger partial charge is 0.456 e. The topological polar surface area (TPSA) is 45.9 Å². The van der Waals surface area contributed by atoms with E-state index >= 15 is 0 Å². The Morgan fingerprint density at radius 1 is 1.39 bits per heavy atom. The SMILES string of the molecule is N#Cc1cc(Oc2cc(F)c(Cl)cc2Br)ccn1. The number of aromatic nitrogens is 1. The highest BCUT2D eigenvalue weighted by Crippen LogP contribution is 2.33. The van der Waals surface area contributed by atoms with E-state index < -0.39 is 5.82 Å². The standard InChI is InChI=1S/C12H5BrClFN2O/c13-9-4-10(14)11(15)5-12(9)18-8-1-2-17-7(3-8)6-16/h1-5H. The van der Waals surface area contributed by atoms with Crippen molar-refractivity contribution in [1.82, 2.24) is 4.98 Å². The van der Waals surface area contributed by atoms with Crippen molar-refractivity contribution in [2.24, 2.45) is 0 Å². The average Bonchev–Trinajstić information content (AvgIpc) is 2.36. The predicted molar refractivity (Wildman–Crippen MR) is 68.1 cm³/mol. The summed E-state index contributed by atoms with van der Waals surface area (Å²) in [5, 5.41) is 8.71. The van der Waals surface area contributed by atoms with Crippen LogP contribution in [0, 0.1) is 17.1 Å². The van der Waals surface area contributed by atoms with E-state index in [1.807, 2.05) is 6.07 Å². The molecule has 90 valence electrons. The molecule has 0 spiro atoms. The summed E-state index contributed by atoms with van der Waals surface area (Å²) in [6.07, 6.45) is 1.44. The number of rotatable bonds is 2. The molecule has 0 N–H and O–H groups in total. The highest BCUT2D eigenvalue weighted by Gasteiger charge is 2.09. The number of nitriles is 1. The van der Waals surface area contributed by atoms with E-state index in [9.17, 15) is 4.39 Å². The van der Waals surface area contributed by atoms with Gasteiger partial charge in [0.05, 0.1) is 9.50 Å². The van der Waals surface area contributed by atoms with Gasteiger partial charge in [0.25, 0.3) is 0 Å². The maximum absolute atomic E-state index is 13.3. The lowest BCUT2D eigenvalue weighted by atomic mass is 10.3. The Kier molecular flexibility index (Phi) is 3.80. The summed E-state index contributed by atoms with van der Waals surface area (Å²) in [6.45, 7) is 0. The van der Waals surface area contributed by atoms with Gasteiger partial charge in [-0.05, 0) is 28.1 Å². The highest BCUT2D eigenvalue weighted by atomic mass is 79.9. The van der Waals surface area contributed by atoms with Crippen LogP contribution in [0.5, 0.6) is 11.5 Å². The van der Waals surface area contributed by atoms with Crippen molar-refractivity contribution in [2.75, 3.05) is 0 Å². The van der Waals surface area contributed by atoms with Crippen LogP contribution in [-0.4, -0.2) is 4.98 Å². The van der Waals surface area contributed by atoms with Crippen LogP contribution in [0.15, 0.2) is 34.9 Å². The first-order valence-corrected chi connectivity index (χ1v) is 5.96. The molecule has 2 rings (SSSR count). The van der Waals surface area contributed by atoms with Crippen LogP contribution in [0.4, 0.5) is 4.39 Å². The number of hydrogen-bond donors (Lipinski definition) is 0. The Morgan fingerprint density at radius 2 is 2.17 bits per heavy atom. The minimum absolute atomic E-state index is 0.00154. The van der Waals surface area contributed by atoms with Gasteiger partial charge >= 0.3 is 0 Å². The van der Waals surface area contributed by atoms with Gasteiger partial charge in [0.15, 0.2) is 0 Å². The monoisotopic (exact) mass is 326 g/mol. The van der Waals surface area contributed by atoms with Crippen molar-refractivity contribution in [1.29, 1.82) is 5.26 Å². The molecule has 0 bridgehead atoms. The fourth-order valence-electron chi connectivity index (χ4n) is 1.25. The third-order valence-electron chi connectivity index (χ3n) is 2.05. The Bertz CT molecular complexity index is 642. The average molecular weight is 328 g/mol. The third-order valence-corrected chi connectivity index (χ3v) is 2.96. The van der Waals surface area contributed by atoms with Crippen LogP contribution in [0.25, 0.3) is 0 Å². The van der Waals surface area contributed by atoms with Crippen molar-refractivity contribution in [3.63, 3.8) is 0 Å². The van der Waals surface area contributed by atoms with Gasteiger partial charge in [-0.25, -0.2) is 9.37 Å². The molecule has 0 aliphatic heterocycles. The number of halogens is 3. The summed E-state index contributed by atoms with van der Waals surface area (Å²) in [7, 11) is 0. The summed E-state index contributed by atoms with van der Waals surface area (Å²) >= 11 is 8.84. The minimum atomic E-state index is -0.579. The normalized spacial score (nSPS) is 9.89. The summed E-state index contributed by atoms with van der Waals surface area (Å²) < 4.78 is 19.3. The van der Waals surface area contributed by atoms with Crippen LogP contribution in [-0.2, 0) is 0 Å². The van der Waals surface area contributed by atoms with E-state index in [2.05, 4.69) is 20.9 Å². The zero-order chi connectivity index (χ0) is 13.1. The quantitative estimate of drug-likeness (QED) is 0.773. The molecule has 18 heavy (non-hydrogen) atoms. The second kappa shape index (κ2) is 5.34. The summed E-state index contributed by atoms with van der Waals surface area (Å²) in [4.78, 5) is 3.81. The van der Waals surface area contributed by atoms with Crippen molar-refractivity contribution in [2.45, 2.75) is 0 Å². The van der Waals surface area contributed by atoms with Crippen molar-refractivity contribution in [3.8, 4) is 17.6 Å². The molecule has 1 aromatic carbocycles. The van der Waals surface area contributed by atoms with Gasteiger partial charge in [-0.1, -0.05) is 11.6 Å². The zero-order valence-electron chi connectivity index (χ0n) is 8.82. The van der Waals surface area contributed by atoms with Gasteiger partial charge < -0.3 is 4.74 Å². The lowest BCUT2D eigenvalue weighted by molar-refractivity contribution is 0.473. The van der Waals surface area contributed by atoms with Gasteiger partial charge in [0.1, 0.15) is 29.1 Å². The molecule has 0 aliphatic rings. The van der Waals surface area contributed by atoms with Crippen molar-refractivity contribution in [3.05, 3.63) is 51.5 Å². The maximum atomic E-state index is 13.3. The Balaban J connectivity index is 2.34. The predicted octanol–water partition coefficient (Wildman–Crippen LogP) is 4.30. The van der Waals surface area contributed by atoms with Crippen LogP contribution in [0.2, 0.25) is 5.02 Å². The molecule has 0 aliphatic carbocycles. The van der Waals surface area contributed by atoms with Gasteiger partial charge in [-0.3, -0.25) is 0 Å². The molecule has 2 aromatic rings. The van der Waals surface area contributed by atoms with Crippen LogP contribution in [0.3, 0.4) is 0 Å². The lowest BCUT2D eigenvalue weighted by Gasteiger charge is -2.08. The van der Waals surface area contributed by atoms with Crippen molar-refractivity contribution < 1.29 is 9.13 Å². The molecule has 0 unspecified atom stereocenters. The molecule has 3 nitrogen and oxygen atoms in total. The van der Waals surface area contributed by atoms with E-state index in [-0.39, 0.29) is 16.5 Å². The first-order chi connectivity index (χ1) is 8.60. The molecule has 0 amide bonds. The first-order valence-electron chi connectivity index (χ1n) is 4.78. The number of hydrogen-bond acceptors (Lipinski definition) is 3. The number of benzene rings is 1. The Labute approximate surface area is 116 Å². The van der Waals surface area contributed by atoms with E-state index in [0.717, 1.165) is 0 Å². The van der Waals surface area contributed by atoms with E-state index in [4.69, 9.17) is 21.6 Å². The number of ether oxygens (including phenoxy) is 1. The Hall–Kier alpha value is -1.64.